The van der Waals surface area contributed by atoms with Crippen molar-refractivity contribution in [1.82, 2.24) is 10.2 Å². The fourth-order valence-electron chi connectivity index (χ4n) is 3.90. The molecule has 4 unspecified atom stereocenters. The average molecular weight is 251 g/mol. The summed E-state index contributed by atoms with van der Waals surface area (Å²) in [6.45, 7) is 1.74. The summed E-state index contributed by atoms with van der Waals surface area (Å²) >= 11 is 0. The van der Waals surface area contributed by atoms with Crippen molar-refractivity contribution >= 4 is 5.91 Å². The monoisotopic (exact) mass is 251 g/mol. The molecule has 0 radical (unpaired) electrons. The number of rotatable bonds is 5. The molecule has 0 spiro atoms. The maximum atomic E-state index is 12.2. The van der Waals surface area contributed by atoms with Gasteiger partial charge in [0.05, 0.1) is 5.92 Å². The van der Waals surface area contributed by atoms with Gasteiger partial charge in [-0.1, -0.05) is 0 Å². The third kappa shape index (κ3) is 2.28. The number of fused-ring (bicyclic) bond motifs is 2. The van der Waals surface area contributed by atoms with Crippen LogP contribution in [0.25, 0.3) is 0 Å². The molecule has 0 aromatic heterocycles. The topological polar surface area (TPSA) is 58.4 Å². The fraction of sp³-hybridized carbons (Fsp3) is 0.929. The maximum absolute atomic E-state index is 12.2. The zero-order valence-electron chi connectivity index (χ0n) is 11.3. The molecule has 0 aliphatic heterocycles. The Morgan fingerprint density at radius 2 is 2.00 bits per heavy atom. The fourth-order valence-corrected chi connectivity index (χ4v) is 3.90. The summed E-state index contributed by atoms with van der Waals surface area (Å²) in [7, 11) is 2.15. The minimum absolute atomic E-state index is 0.0926. The van der Waals surface area contributed by atoms with Gasteiger partial charge in [-0.05, 0) is 51.0 Å². The van der Waals surface area contributed by atoms with Gasteiger partial charge in [0, 0.05) is 25.2 Å². The smallest absolute Gasteiger partial charge is 0.225 e. The summed E-state index contributed by atoms with van der Waals surface area (Å²) < 4.78 is 0. The van der Waals surface area contributed by atoms with E-state index >= 15 is 0 Å². The summed E-state index contributed by atoms with van der Waals surface area (Å²) in [4.78, 5) is 14.6. The Bertz CT molecular complexity index is 327. The maximum Gasteiger partial charge on any atom is 0.225 e. The lowest BCUT2D eigenvalue weighted by Crippen LogP contribution is -2.46. The Hall–Kier alpha value is -0.610. The second kappa shape index (κ2) is 4.82. The first-order chi connectivity index (χ1) is 8.66. The van der Waals surface area contributed by atoms with Gasteiger partial charge in [0.15, 0.2) is 0 Å². The second-order valence-electron chi connectivity index (χ2n) is 6.44. The second-order valence-corrected chi connectivity index (χ2v) is 6.44. The van der Waals surface area contributed by atoms with E-state index in [1.54, 1.807) is 0 Å². The number of nitrogens with two attached hydrogens (primary N) is 1. The van der Waals surface area contributed by atoms with Gasteiger partial charge in [0.25, 0.3) is 0 Å². The van der Waals surface area contributed by atoms with E-state index in [0.29, 0.717) is 11.8 Å². The van der Waals surface area contributed by atoms with E-state index in [9.17, 15) is 4.79 Å². The molecule has 3 fully saturated rings. The molecule has 3 rings (SSSR count). The predicted molar refractivity (Wildman–Crippen MR) is 71.0 cm³/mol. The van der Waals surface area contributed by atoms with Crippen LogP contribution in [0.1, 0.15) is 32.1 Å². The number of nitrogens with zero attached hydrogens (tertiary/aromatic N) is 1. The number of carbonyl (C=O) groups excluding carboxylic acids is 1. The summed E-state index contributed by atoms with van der Waals surface area (Å²) in [5, 5.41) is 3.09. The van der Waals surface area contributed by atoms with Gasteiger partial charge >= 0.3 is 0 Å². The molecule has 1 amide bonds. The summed E-state index contributed by atoms with van der Waals surface area (Å²) in [5.74, 6) is 1.47. The van der Waals surface area contributed by atoms with E-state index in [2.05, 4.69) is 17.3 Å². The van der Waals surface area contributed by atoms with E-state index < -0.39 is 0 Å². The highest BCUT2D eigenvalue weighted by Gasteiger charge is 2.48. The lowest BCUT2D eigenvalue weighted by Gasteiger charge is -2.27. The molecule has 4 atom stereocenters. The molecule has 18 heavy (non-hydrogen) atoms. The van der Waals surface area contributed by atoms with Crippen LogP contribution >= 0.6 is 0 Å². The Labute approximate surface area is 109 Å². The lowest BCUT2D eigenvalue weighted by atomic mass is 9.84. The van der Waals surface area contributed by atoms with Crippen molar-refractivity contribution in [3.8, 4) is 0 Å². The highest BCUT2D eigenvalue weighted by Crippen LogP contribution is 2.47. The molecule has 4 nitrogen and oxygen atoms in total. The van der Waals surface area contributed by atoms with E-state index in [1.807, 2.05) is 0 Å². The van der Waals surface area contributed by atoms with Gasteiger partial charge in [0.1, 0.15) is 0 Å². The quantitative estimate of drug-likeness (QED) is 0.751. The number of nitrogens with one attached hydrogen (secondary N) is 1. The van der Waals surface area contributed by atoms with E-state index in [0.717, 1.165) is 19.1 Å². The molecule has 3 saturated carbocycles. The molecule has 3 aliphatic carbocycles. The molecule has 0 aromatic rings. The van der Waals surface area contributed by atoms with Crippen LogP contribution in [0, 0.1) is 17.8 Å². The van der Waals surface area contributed by atoms with Gasteiger partial charge in [-0.3, -0.25) is 4.79 Å². The van der Waals surface area contributed by atoms with Crippen LogP contribution in [0.15, 0.2) is 0 Å². The van der Waals surface area contributed by atoms with Crippen molar-refractivity contribution in [2.24, 2.45) is 23.5 Å². The summed E-state index contributed by atoms with van der Waals surface area (Å²) in [6, 6.07) is 0.886. The van der Waals surface area contributed by atoms with Crippen molar-refractivity contribution < 1.29 is 4.79 Å². The van der Waals surface area contributed by atoms with Crippen molar-refractivity contribution in [3.05, 3.63) is 0 Å². The lowest BCUT2D eigenvalue weighted by molar-refractivity contribution is -0.127. The molecule has 0 saturated heterocycles. The Kier molecular flexibility index (Phi) is 3.32. The van der Waals surface area contributed by atoms with Crippen LogP contribution in [0.5, 0.6) is 0 Å². The summed E-state index contributed by atoms with van der Waals surface area (Å²) in [5.41, 5.74) is 6.18. The number of hydrogen-bond donors (Lipinski definition) is 2. The first-order valence-electron chi connectivity index (χ1n) is 7.40. The van der Waals surface area contributed by atoms with Crippen molar-refractivity contribution in [2.75, 3.05) is 20.1 Å². The third-order valence-electron chi connectivity index (χ3n) is 5.22. The SMILES string of the molecule is CN(CCNC(=O)C1C2CCC(C2)C1N)C1CC1. The van der Waals surface area contributed by atoms with Gasteiger partial charge in [-0.25, -0.2) is 0 Å². The molecule has 4 heteroatoms. The van der Waals surface area contributed by atoms with Crippen LogP contribution in [-0.4, -0.2) is 43.0 Å². The standard InChI is InChI=1S/C14H25N3O/c1-17(11-4-5-11)7-6-16-14(18)12-9-2-3-10(8-9)13(12)15/h9-13H,2-8,15H2,1H3,(H,16,18). The van der Waals surface area contributed by atoms with Gasteiger partial charge in [-0.2, -0.15) is 0 Å². The number of likely N-dealkylation sites (N-methyl/N-ethyl adjacent to an activating group) is 1. The van der Waals surface area contributed by atoms with Crippen LogP contribution in [0.2, 0.25) is 0 Å². The molecule has 3 aliphatic rings. The molecule has 3 N–H and O–H groups in total. The highest BCUT2D eigenvalue weighted by atomic mass is 16.1. The van der Waals surface area contributed by atoms with Crippen LogP contribution in [0.4, 0.5) is 0 Å². The zero-order valence-corrected chi connectivity index (χ0v) is 11.3. The third-order valence-corrected chi connectivity index (χ3v) is 5.22. The van der Waals surface area contributed by atoms with E-state index in [-0.39, 0.29) is 17.9 Å². The molecule has 0 heterocycles. The first kappa shape index (κ1) is 12.4. The number of carbonyl (C=O) groups is 1. The molecule has 2 bridgehead atoms. The zero-order chi connectivity index (χ0) is 12.7. The molecular formula is C14H25N3O. The average Bonchev–Trinajstić information content (AvgIpc) is 3.02. The number of amides is 1. The minimum Gasteiger partial charge on any atom is -0.355 e. The molecule has 0 aromatic carbocycles. The minimum atomic E-state index is 0.0926. The Morgan fingerprint density at radius 1 is 1.28 bits per heavy atom. The van der Waals surface area contributed by atoms with Crippen molar-refractivity contribution in [1.29, 1.82) is 0 Å². The van der Waals surface area contributed by atoms with Crippen LogP contribution in [0.3, 0.4) is 0 Å². The molecule has 102 valence electrons. The Balaban J connectivity index is 1.43. The van der Waals surface area contributed by atoms with Crippen molar-refractivity contribution in [2.45, 2.75) is 44.2 Å². The van der Waals surface area contributed by atoms with Gasteiger partial charge in [-0.15, -0.1) is 0 Å². The van der Waals surface area contributed by atoms with E-state index in [1.165, 1.54) is 32.1 Å². The first-order valence-corrected chi connectivity index (χ1v) is 7.40. The van der Waals surface area contributed by atoms with Gasteiger partial charge in [0.2, 0.25) is 5.91 Å². The highest BCUT2D eigenvalue weighted by molar-refractivity contribution is 5.80. The van der Waals surface area contributed by atoms with Crippen LogP contribution < -0.4 is 11.1 Å². The van der Waals surface area contributed by atoms with Crippen molar-refractivity contribution in [3.63, 3.8) is 0 Å². The molecular weight excluding hydrogens is 226 g/mol. The van der Waals surface area contributed by atoms with E-state index in [4.69, 9.17) is 5.73 Å². The number of hydrogen-bond acceptors (Lipinski definition) is 3. The van der Waals surface area contributed by atoms with Crippen LogP contribution in [-0.2, 0) is 4.79 Å². The summed E-state index contributed by atoms with van der Waals surface area (Å²) in [6.07, 6.45) is 6.27. The largest absolute Gasteiger partial charge is 0.355 e. The predicted octanol–water partition coefficient (Wildman–Crippen LogP) is 0.570. The normalized spacial score (nSPS) is 38.4. The Morgan fingerprint density at radius 3 is 2.61 bits per heavy atom. The van der Waals surface area contributed by atoms with Gasteiger partial charge < -0.3 is 16.0 Å².